The highest BCUT2D eigenvalue weighted by atomic mass is 19.4. The second-order valence-corrected chi connectivity index (χ2v) is 17.1. The summed E-state index contributed by atoms with van der Waals surface area (Å²) < 4.78 is 49.1. The van der Waals surface area contributed by atoms with Gasteiger partial charge in [0.25, 0.3) is 11.8 Å². The lowest BCUT2D eigenvalue weighted by Gasteiger charge is -2.26. The van der Waals surface area contributed by atoms with Crippen molar-refractivity contribution in [3.63, 3.8) is 0 Å². The van der Waals surface area contributed by atoms with Crippen LogP contribution in [0.1, 0.15) is 52.6 Å². The lowest BCUT2D eigenvalue weighted by molar-refractivity contribution is -0.137. The van der Waals surface area contributed by atoms with Gasteiger partial charge in [0, 0.05) is 65.5 Å². The first kappa shape index (κ1) is 45.7. The Morgan fingerprint density at radius 2 is 1.28 bits per heavy atom. The van der Waals surface area contributed by atoms with Gasteiger partial charge >= 0.3 is 6.18 Å². The van der Waals surface area contributed by atoms with Gasteiger partial charge in [0.05, 0.1) is 16.3 Å². The van der Waals surface area contributed by atoms with Crippen molar-refractivity contribution in [3.05, 3.63) is 138 Å². The molecule has 0 saturated heterocycles. The van der Waals surface area contributed by atoms with Gasteiger partial charge in [0.15, 0.2) is 0 Å². The molecule has 0 fully saturated rings. The van der Waals surface area contributed by atoms with Crippen molar-refractivity contribution in [2.75, 3.05) is 16.8 Å². The van der Waals surface area contributed by atoms with Gasteiger partial charge in [0.2, 0.25) is 5.91 Å². The topological polar surface area (TPSA) is 223 Å². The maximum absolute atomic E-state index is 13.5. The van der Waals surface area contributed by atoms with Crippen LogP contribution in [0.25, 0.3) is 50.4 Å². The number of alkyl halides is 3. The highest BCUT2D eigenvalue weighted by molar-refractivity contribution is 6.06. The van der Waals surface area contributed by atoms with Gasteiger partial charge in [0.1, 0.15) is 52.9 Å². The van der Waals surface area contributed by atoms with Crippen LogP contribution in [0.15, 0.2) is 110 Å². The zero-order valence-corrected chi connectivity index (χ0v) is 37.9. The molecule has 10 rings (SSSR count). The van der Waals surface area contributed by atoms with Crippen molar-refractivity contribution in [2.45, 2.75) is 64.0 Å². The molecule has 16 nitrogen and oxygen atoms in total. The number of halogens is 3. The maximum Gasteiger partial charge on any atom is 0.416 e. The number of carbonyl (C=O) groups excluding carboxylic acids is 3. The second-order valence-electron chi connectivity index (χ2n) is 17.1. The van der Waals surface area contributed by atoms with Gasteiger partial charge in [-0.15, -0.1) is 0 Å². The zero-order valence-electron chi connectivity index (χ0n) is 37.9. The molecular weight excluding hydrogens is 914 g/mol. The van der Waals surface area contributed by atoms with Crippen molar-refractivity contribution >= 4 is 63.3 Å². The highest BCUT2D eigenvalue weighted by Gasteiger charge is 2.32. The number of nitrogens with one attached hydrogen (secondary N) is 3. The summed E-state index contributed by atoms with van der Waals surface area (Å²) in [7, 11) is 0. The molecule has 0 radical (unpaired) electrons. The maximum atomic E-state index is 13.5. The van der Waals surface area contributed by atoms with Crippen molar-refractivity contribution in [3.8, 4) is 45.6 Å². The molecule has 0 aliphatic carbocycles. The Kier molecular flexibility index (Phi) is 12.1. The van der Waals surface area contributed by atoms with Gasteiger partial charge in [-0.1, -0.05) is 30.2 Å². The molecule has 8 aromatic rings. The minimum atomic E-state index is -4.44. The number of hydrogen-bond acceptors (Lipinski definition) is 11. The van der Waals surface area contributed by atoms with Gasteiger partial charge < -0.3 is 41.3 Å². The SMILES string of the molecule is CC#CC(=O)N[C@@H]1CCc2c(-c3ccc(C(=O)Nc4cc(/C=C/C(=O)N[C@@H]5CCc6c(-c7ccc(Oc8ccc(C(F)(F)F)cc8)cc7)c7c(N)ncnc7n6C5)ccn4)cc3)c3c(N)ncnc3n2C1. The molecule has 71 heavy (non-hydrogen) atoms. The standard InChI is InChI=1S/C52H43F3N12O4/c1-2-3-41(68)63-34-13-19-38-43(45-47(56)59-27-61-49(45)66(38)25-34)30-5-7-32(8-6-30)51(70)65-40-24-29(22-23-58-40)4-21-42(69)64-35-14-20-39-44(46-48(57)60-28-62-50(46)67(39)26-35)31-9-15-36(16-10-31)71-37-17-11-33(12-18-37)52(53,54)55/h4-12,15-18,21-24,27-28,34-35H,13-14,19-20,25-26H2,1H3,(H,63,68)(H,64,69)(H2,56,59,61)(H2,57,60,62)(H,58,65,70)/b21-4+/t34-,35-/m1/s1. The molecule has 356 valence electrons. The highest BCUT2D eigenvalue weighted by Crippen LogP contribution is 2.42. The van der Waals surface area contributed by atoms with Crippen LogP contribution in [0.4, 0.5) is 30.6 Å². The number of hydrogen-bond donors (Lipinski definition) is 5. The van der Waals surface area contributed by atoms with Crippen LogP contribution in [0, 0.1) is 11.8 Å². The van der Waals surface area contributed by atoms with Crippen LogP contribution >= 0.6 is 0 Å². The summed E-state index contributed by atoms with van der Waals surface area (Å²) in [6.45, 7) is 2.53. The van der Waals surface area contributed by atoms with Crippen molar-refractivity contribution < 1.29 is 32.3 Å². The van der Waals surface area contributed by atoms with E-state index < -0.39 is 11.7 Å². The van der Waals surface area contributed by atoms with E-state index in [-0.39, 0.29) is 35.6 Å². The van der Waals surface area contributed by atoms with E-state index in [2.05, 4.69) is 57.3 Å². The van der Waals surface area contributed by atoms with Crippen LogP contribution in [-0.4, -0.2) is 63.9 Å². The molecule has 3 aromatic carbocycles. The lowest BCUT2D eigenvalue weighted by atomic mass is 9.96. The average molecular weight is 957 g/mol. The number of aromatic nitrogens is 7. The smallest absolute Gasteiger partial charge is 0.416 e. The third-order valence-corrected chi connectivity index (χ3v) is 12.6. The predicted octanol–water partition coefficient (Wildman–Crippen LogP) is 7.73. The Hall–Kier alpha value is -9.05. The van der Waals surface area contributed by atoms with Crippen LogP contribution in [0.2, 0.25) is 0 Å². The fraction of sp³-hybridized carbons (Fsp3) is 0.192. The van der Waals surface area contributed by atoms with E-state index in [0.717, 1.165) is 45.8 Å². The van der Waals surface area contributed by atoms with Gasteiger partial charge in [-0.05, 0) is 122 Å². The van der Waals surface area contributed by atoms with Crippen LogP contribution in [0.3, 0.4) is 0 Å². The third kappa shape index (κ3) is 9.30. The molecule has 0 spiro atoms. The number of pyridine rings is 1. The number of nitrogens with two attached hydrogens (primary N) is 2. The molecule has 0 saturated carbocycles. The lowest BCUT2D eigenvalue weighted by Crippen LogP contribution is -2.40. The number of anilines is 3. The summed E-state index contributed by atoms with van der Waals surface area (Å²) >= 11 is 0. The number of amides is 3. The summed E-state index contributed by atoms with van der Waals surface area (Å²) in [5, 5.41) is 10.3. The van der Waals surface area contributed by atoms with E-state index in [9.17, 15) is 27.6 Å². The molecule has 2 atom stereocenters. The average Bonchev–Trinajstić information content (AvgIpc) is 3.87. The summed E-state index contributed by atoms with van der Waals surface area (Å²) in [6.07, 6.45) is 5.56. The van der Waals surface area contributed by atoms with E-state index in [4.69, 9.17) is 16.2 Å². The van der Waals surface area contributed by atoms with Crippen LogP contribution in [-0.2, 0) is 41.7 Å². The Labute approximate surface area is 403 Å². The number of carbonyl (C=O) groups is 3. The molecule has 2 aliphatic heterocycles. The first-order valence-corrected chi connectivity index (χ1v) is 22.6. The van der Waals surface area contributed by atoms with E-state index in [0.29, 0.717) is 95.2 Å². The quantitative estimate of drug-likeness (QED) is 0.0659. The Bertz CT molecular complexity index is 3480. The van der Waals surface area contributed by atoms with E-state index in [1.165, 1.54) is 30.9 Å². The van der Waals surface area contributed by atoms with Crippen LogP contribution in [0.5, 0.6) is 11.5 Å². The summed E-state index contributed by atoms with van der Waals surface area (Å²) in [4.78, 5) is 61.0. The molecule has 19 heteroatoms. The molecule has 7 N–H and O–H groups in total. The number of ether oxygens (including phenoxy) is 1. The number of rotatable bonds is 10. The van der Waals surface area contributed by atoms with E-state index >= 15 is 0 Å². The predicted molar refractivity (Wildman–Crippen MR) is 261 cm³/mol. The molecular formula is C52H43F3N12O4. The number of nitrogen functional groups attached to an aromatic ring is 2. The van der Waals surface area contributed by atoms with Crippen molar-refractivity contribution in [2.24, 2.45) is 0 Å². The van der Waals surface area contributed by atoms with Gasteiger partial charge in [-0.3, -0.25) is 14.4 Å². The third-order valence-electron chi connectivity index (χ3n) is 12.6. The molecule has 5 aromatic heterocycles. The Morgan fingerprint density at radius 3 is 1.85 bits per heavy atom. The monoisotopic (exact) mass is 956 g/mol. The first-order valence-electron chi connectivity index (χ1n) is 22.6. The molecule has 3 amide bonds. The molecule has 0 unspecified atom stereocenters. The van der Waals surface area contributed by atoms with E-state index in [1.807, 2.05) is 28.8 Å². The van der Waals surface area contributed by atoms with E-state index in [1.54, 1.807) is 55.6 Å². The Morgan fingerprint density at radius 1 is 0.732 bits per heavy atom. The fourth-order valence-corrected chi connectivity index (χ4v) is 9.39. The number of nitrogens with zero attached hydrogens (tertiary/aromatic N) is 7. The summed E-state index contributed by atoms with van der Waals surface area (Å²) in [6, 6.07) is 21.8. The minimum Gasteiger partial charge on any atom is -0.457 e. The minimum absolute atomic E-state index is 0.134. The molecule has 7 heterocycles. The second kappa shape index (κ2) is 18.8. The zero-order chi connectivity index (χ0) is 49.4. The normalized spacial score (nSPS) is 15.4. The fourth-order valence-electron chi connectivity index (χ4n) is 9.39. The van der Waals surface area contributed by atoms with Gasteiger partial charge in [-0.25, -0.2) is 24.9 Å². The summed E-state index contributed by atoms with van der Waals surface area (Å²) in [5.41, 5.74) is 19.8. The molecule has 0 bridgehead atoms. The van der Waals surface area contributed by atoms with Crippen LogP contribution < -0.4 is 32.2 Å². The van der Waals surface area contributed by atoms with Crippen molar-refractivity contribution in [1.29, 1.82) is 0 Å². The number of benzene rings is 3. The van der Waals surface area contributed by atoms with Crippen molar-refractivity contribution in [1.82, 2.24) is 44.7 Å². The molecule has 2 aliphatic rings. The summed E-state index contributed by atoms with van der Waals surface area (Å²) in [5.74, 6) is 5.78. The first-order chi connectivity index (χ1) is 34.3. The Balaban J connectivity index is 0.785. The largest absolute Gasteiger partial charge is 0.457 e. The number of fused-ring (bicyclic) bond motifs is 6. The van der Waals surface area contributed by atoms with Gasteiger partial charge in [-0.2, -0.15) is 13.2 Å².